The van der Waals surface area contributed by atoms with Crippen LogP contribution in [0.1, 0.15) is 41.4 Å². The molecule has 2 heterocycles. The molecule has 1 aromatic heterocycles. The molecule has 0 spiro atoms. The van der Waals surface area contributed by atoms with Crippen molar-refractivity contribution >= 4 is 11.9 Å². The Labute approximate surface area is 159 Å². The SMILES string of the molecule is Cc1cccc(CN(C)[C@@H]2CCN(C(=O)n3ccc(C(N)=O)n3)[C@H](C)C2)c1. The van der Waals surface area contributed by atoms with Crippen molar-refractivity contribution in [1.82, 2.24) is 19.6 Å². The van der Waals surface area contributed by atoms with Crippen LogP contribution in [0.5, 0.6) is 0 Å². The second-order valence-corrected chi connectivity index (χ2v) is 7.42. The van der Waals surface area contributed by atoms with Crippen LogP contribution in [0.25, 0.3) is 0 Å². The molecule has 2 N–H and O–H groups in total. The van der Waals surface area contributed by atoms with Crippen LogP contribution in [0.3, 0.4) is 0 Å². The summed E-state index contributed by atoms with van der Waals surface area (Å²) in [4.78, 5) is 28.1. The molecule has 0 unspecified atom stereocenters. The molecule has 0 saturated carbocycles. The van der Waals surface area contributed by atoms with E-state index in [1.807, 2.05) is 4.90 Å². The minimum absolute atomic E-state index is 0.0948. The Hall–Kier alpha value is -2.67. The van der Waals surface area contributed by atoms with Gasteiger partial charge in [-0.2, -0.15) is 9.78 Å². The molecule has 2 atom stereocenters. The minimum atomic E-state index is -0.633. The molecule has 1 saturated heterocycles. The van der Waals surface area contributed by atoms with Crippen molar-refractivity contribution in [2.24, 2.45) is 5.73 Å². The Balaban J connectivity index is 1.61. The first-order valence-electron chi connectivity index (χ1n) is 9.27. The maximum Gasteiger partial charge on any atom is 0.344 e. The second kappa shape index (κ2) is 7.92. The maximum atomic E-state index is 12.7. The van der Waals surface area contributed by atoms with Gasteiger partial charge in [0.2, 0.25) is 0 Å². The predicted molar refractivity (Wildman–Crippen MR) is 103 cm³/mol. The van der Waals surface area contributed by atoms with E-state index in [2.05, 4.69) is 55.2 Å². The molecule has 144 valence electrons. The number of nitrogens with two attached hydrogens (primary N) is 1. The second-order valence-electron chi connectivity index (χ2n) is 7.42. The van der Waals surface area contributed by atoms with Crippen LogP contribution in [0.2, 0.25) is 0 Å². The number of hydrogen-bond donors (Lipinski definition) is 1. The number of hydrogen-bond acceptors (Lipinski definition) is 4. The first-order valence-corrected chi connectivity index (χ1v) is 9.27. The summed E-state index contributed by atoms with van der Waals surface area (Å²) in [5, 5.41) is 3.98. The van der Waals surface area contributed by atoms with Crippen LogP contribution in [-0.2, 0) is 6.54 Å². The van der Waals surface area contributed by atoms with Gasteiger partial charge in [-0.25, -0.2) is 4.79 Å². The van der Waals surface area contributed by atoms with Crippen molar-refractivity contribution in [3.8, 4) is 0 Å². The Morgan fingerprint density at radius 1 is 1.33 bits per heavy atom. The highest BCUT2D eigenvalue weighted by molar-refractivity contribution is 5.91. The van der Waals surface area contributed by atoms with Crippen LogP contribution in [0, 0.1) is 6.92 Å². The number of rotatable bonds is 4. The van der Waals surface area contributed by atoms with Crippen molar-refractivity contribution in [2.75, 3.05) is 13.6 Å². The molecule has 1 fully saturated rings. The molecule has 3 rings (SSSR count). The van der Waals surface area contributed by atoms with Crippen molar-refractivity contribution < 1.29 is 9.59 Å². The van der Waals surface area contributed by atoms with Gasteiger partial charge in [0.1, 0.15) is 0 Å². The van der Waals surface area contributed by atoms with E-state index in [0.717, 1.165) is 19.4 Å². The molecular formula is C20H27N5O2. The number of carbonyl (C=O) groups excluding carboxylic acids is 2. The normalized spacial score (nSPS) is 20.1. The molecule has 7 nitrogen and oxygen atoms in total. The van der Waals surface area contributed by atoms with Gasteiger partial charge in [0.25, 0.3) is 5.91 Å². The van der Waals surface area contributed by atoms with Crippen LogP contribution < -0.4 is 5.73 Å². The Kier molecular flexibility index (Phi) is 5.60. The van der Waals surface area contributed by atoms with Gasteiger partial charge >= 0.3 is 6.03 Å². The molecule has 0 aliphatic carbocycles. The smallest absolute Gasteiger partial charge is 0.344 e. The van der Waals surface area contributed by atoms with Gasteiger partial charge in [-0.3, -0.25) is 9.69 Å². The maximum absolute atomic E-state index is 12.7. The van der Waals surface area contributed by atoms with E-state index in [-0.39, 0.29) is 17.8 Å². The molecule has 1 aliphatic rings. The number of benzene rings is 1. The van der Waals surface area contributed by atoms with Gasteiger partial charge in [0.05, 0.1) is 0 Å². The van der Waals surface area contributed by atoms with Gasteiger partial charge in [-0.1, -0.05) is 29.8 Å². The third-order valence-corrected chi connectivity index (χ3v) is 5.27. The summed E-state index contributed by atoms with van der Waals surface area (Å²) in [6.45, 7) is 5.72. The number of aryl methyl sites for hydroxylation is 1. The van der Waals surface area contributed by atoms with E-state index in [0.29, 0.717) is 12.6 Å². The third kappa shape index (κ3) is 4.36. The molecular weight excluding hydrogens is 342 g/mol. The summed E-state index contributed by atoms with van der Waals surface area (Å²) in [5.41, 5.74) is 7.89. The first kappa shape index (κ1) is 19.1. The van der Waals surface area contributed by atoms with Crippen LogP contribution in [0.15, 0.2) is 36.5 Å². The average Bonchev–Trinajstić information content (AvgIpc) is 3.11. The number of nitrogens with zero attached hydrogens (tertiary/aromatic N) is 4. The van der Waals surface area contributed by atoms with Crippen molar-refractivity contribution in [3.63, 3.8) is 0 Å². The Morgan fingerprint density at radius 3 is 2.74 bits per heavy atom. The summed E-state index contributed by atoms with van der Waals surface area (Å²) in [6, 6.07) is 10.3. The van der Waals surface area contributed by atoms with E-state index in [1.165, 1.54) is 28.1 Å². The van der Waals surface area contributed by atoms with E-state index >= 15 is 0 Å². The van der Waals surface area contributed by atoms with Crippen molar-refractivity contribution in [3.05, 3.63) is 53.3 Å². The van der Waals surface area contributed by atoms with E-state index in [4.69, 9.17) is 5.73 Å². The molecule has 27 heavy (non-hydrogen) atoms. The largest absolute Gasteiger partial charge is 0.364 e. The minimum Gasteiger partial charge on any atom is -0.364 e. The molecule has 2 amide bonds. The highest BCUT2D eigenvalue weighted by Gasteiger charge is 2.31. The zero-order valence-corrected chi connectivity index (χ0v) is 16.1. The molecule has 0 bridgehead atoms. The van der Waals surface area contributed by atoms with Gasteiger partial charge in [-0.15, -0.1) is 0 Å². The Morgan fingerprint density at radius 2 is 2.11 bits per heavy atom. The summed E-state index contributed by atoms with van der Waals surface area (Å²) >= 11 is 0. The lowest BCUT2D eigenvalue weighted by Gasteiger charge is -2.40. The number of primary amides is 1. The topological polar surface area (TPSA) is 84.5 Å². The summed E-state index contributed by atoms with van der Waals surface area (Å²) in [7, 11) is 2.14. The van der Waals surface area contributed by atoms with Gasteiger partial charge in [-0.05, 0) is 45.4 Å². The number of amides is 2. The number of aromatic nitrogens is 2. The molecule has 2 aromatic rings. The molecule has 7 heteroatoms. The predicted octanol–water partition coefficient (Wildman–Crippen LogP) is 2.24. The number of likely N-dealkylation sites (tertiary alicyclic amines) is 1. The average molecular weight is 369 g/mol. The van der Waals surface area contributed by atoms with E-state index in [1.54, 1.807) is 0 Å². The molecule has 1 aliphatic heterocycles. The summed E-state index contributed by atoms with van der Waals surface area (Å²) < 4.78 is 1.20. The fourth-order valence-electron chi connectivity index (χ4n) is 3.75. The highest BCUT2D eigenvalue weighted by Crippen LogP contribution is 2.23. The molecule has 1 aromatic carbocycles. The zero-order valence-electron chi connectivity index (χ0n) is 16.1. The van der Waals surface area contributed by atoms with E-state index < -0.39 is 5.91 Å². The highest BCUT2D eigenvalue weighted by atomic mass is 16.2. The standard InChI is InChI=1S/C20H27N5O2/c1-14-5-4-6-16(11-14)13-23(3)17-7-9-24(15(2)12-17)20(27)25-10-8-18(22-25)19(21)26/h4-6,8,10-11,15,17H,7,9,12-13H2,1-3H3,(H2,21,26)/t15-,17-/m1/s1. The zero-order chi connectivity index (χ0) is 19.6. The summed E-state index contributed by atoms with van der Waals surface area (Å²) in [5.74, 6) is -0.633. The van der Waals surface area contributed by atoms with Crippen molar-refractivity contribution in [2.45, 2.75) is 45.3 Å². The number of carbonyl (C=O) groups is 2. The summed E-state index contributed by atoms with van der Waals surface area (Å²) in [6.07, 6.45) is 3.30. The van der Waals surface area contributed by atoms with Crippen molar-refractivity contribution in [1.29, 1.82) is 0 Å². The fourth-order valence-corrected chi connectivity index (χ4v) is 3.75. The lowest BCUT2D eigenvalue weighted by molar-refractivity contribution is 0.0972. The van der Waals surface area contributed by atoms with Gasteiger partial charge in [0, 0.05) is 31.4 Å². The van der Waals surface area contributed by atoms with Gasteiger partial charge in [0.15, 0.2) is 5.69 Å². The van der Waals surface area contributed by atoms with Gasteiger partial charge < -0.3 is 10.6 Å². The lowest BCUT2D eigenvalue weighted by atomic mass is 9.97. The van der Waals surface area contributed by atoms with Crippen LogP contribution >= 0.6 is 0 Å². The van der Waals surface area contributed by atoms with Crippen LogP contribution in [0.4, 0.5) is 4.79 Å². The first-order chi connectivity index (χ1) is 12.8. The number of piperidine rings is 1. The lowest BCUT2D eigenvalue weighted by Crippen LogP contribution is -2.51. The third-order valence-electron chi connectivity index (χ3n) is 5.27. The van der Waals surface area contributed by atoms with E-state index in [9.17, 15) is 9.59 Å². The Bertz CT molecular complexity index is 831. The molecule has 0 radical (unpaired) electrons. The quantitative estimate of drug-likeness (QED) is 0.896. The van der Waals surface area contributed by atoms with Crippen LogP contribution in [-0.4, -0.2) is 57.2 Å². The fraction of sp³-hybridized carbons (Fsp3) is 0.450. The monoisotopic (exact) mass is 369 g/mol.